The van der Waals surface area contributed by atoms with E-state index in [4.69, 9.17) is 4.52 Å². The molecule has 1 aromatic carbocycles. The van der Waals surface area contributed by atoms with E-state index in [2.05, 4.69) is 48.4 Å². The van der Waals surface area contributed by atoms with Gasteiger partial charge in [-0.1, -0.05) is 70.1 Å². The quantitative estimate of drug-likeness (QED) is 0.736. The molecule has 2 aromatic rings. The number of benzene rings is 1. The van der Waals surface area contributed by atoms with Crippen LogP contribution in [0.25, 0.3) is 0 Å². The molecule has 0 aliphatic rings. The maximum atomic E-state index is 12.4. The number of nitrogens with zero attached hydrogens (tertiary/aromatic N) is 2. The zero-order chi connectivity index (χ0) is 19.2. The van der Waals surface area contributed by atoms with Gasteiger partial charge in [-0.05, 0) is 23.8 Å². The first-order valence-electron chi connectivity index (χ1n) is 9.41. The molecule has 2 rings (SSSR count). The number of amides is 1. The first-order chi connectivity index (χ1) is 12.2. The molecule has 0 spiro atoms. The van der Waals surface area contributed by atoms with Gasteiger partial charge in [0.05, 0.1) is 6.04 Å². The van der Waals surface area contributed by atoms with Crippen molar-refractivity contribution in [3.63, 3.8) is 0 Å². The molecule has 0 saturated carbocycles. The Hall–Kier alpha value is -2.17. The second-order valence-corrected chi connectivity index (χ2v) is 8.35. The Morgan fingerprint density at radius 2 is 1.88 bits per heavy atom. The monoisotopic (exact) mass is 357 g/mol. The van der Waals surface area contributed by atoms with E-state index in [0.29, 0.717) is 25.2 Å². The second kappa shape index (κ2) is 8.97. The highest BCUT2D eigenvalue weighted by molar-refractivity contribution is 5.76. The van der Waals surface area contributed by atoms with Crippen LogP contribution in [0.2, 0.25) is 0 Å². The van der Waals surface area contributed by atoms with Gasteiger partial charge in [-0.25, -0.2) is 0 Å². The lowest BCUT2D eigenvalue weighted by Crippen LogP contribution is -2.31. The van der Waals surface area contributed by atoms with Crippen LogP contribution >= 0.6 is 0 Å². The summed E-state index contributed by atoms with van der Waals surface area (Å²) in [6.45, 7) is 10.6. The molecule has 26 heavy (non-hydrogen) atoms. The molecule has 0 aliphatic carbocycles. The smallest absolute Gasteiger partial charge is 0.226 e. The van der Waals surface area contributed by atoms with Crippen LogP contribution in [0.1, 0.15) is 83.1 Å². The van der Waals surface area contributed by atoms with Crippen LogP contribution in [0.15, 0.2) is 34.9 Å². The summed E-state index contributed by atoms with van der Waals surface area (Å²) < 4.78 is 5.23. The van der Waals surface area contributed by atoms with Gasteiger partial charge in [0.25, 0.3) is 0 Å². The average Bonchev–Trinajstić information content (AvgIpc) is 3.03. The molecule has 1 unspecified atom stereocenters. The number of carbonyl (C=O) groups is 1. The molecule has 0 saturated heterocycles. The Kier molecular flexibility index (Phi) is 6.95. The number of hydrogen-bond donors (Lipinski definition) is 1. The lowest BCUT2D eigenvalue weighted by molar-refractivity contribution is -0.122. The minimum absolute atomic E-state index is 0.0275. The van der Waals surface area contributed by atoms with E-state index >= 15 is 0 Å². The van der Waals surface area contributed by atoms with Gasteiger partial charge in [0, 0.05) is 18.8 Å². The number of rotatable bonds is 8. The van der Waals surface area contributed by atoms with E-state index in [9.17, 15) is 4.79 Å². The molecular weight excluding hydrogens is 326 g/mol. The normalized spacial score (nSPS) is 13.0. The van der Waals surface area contributed by atoms with Crippen molar-refractivity contribution in [2.24, 2.45) is 5.41 Å². The van der Waals surface area contributed by atoms with Crippen LogP contribution in [0.3, 0.4) is 0 Å². The molecule has 1 amide bonds. The SMILES string of the molecule is CC(C)c1noc(CCCC(=O)NC(CC(C)(C)C)c2ccccc2)n1. The fourth-order valence-electron chi connectivity index (χ4n) is 2.82. The number of aryl methyl sites for hydroxylation is 1. The summed E-state index contributed by atoms with van der Waals surface area (Å²) >= 11 is 0. The van der Waals surface area contributed by atoms with Crippen LogP contribution in [-0.4, -0.2) is 16.0 Å². The summed E-state index contributed by atoms with van der Waals surface area (Å²) in [5, 5.41) is 7.15. The second-order valence-electron chi connectivity index (χ2n) is 8.35. The van der Waals surface area contributed by atoms with Crippen LogP contribution in [0.5, 0.6) is 0 Å². The first-order valence-corrected chi connectivity index (χ1v) is 9.41. The van der Waals surface area contributed by atoms with E-state index in [-0.39, 0.29) is 23.3 Å². The lowest BCUT2D eigenvalue weighted by Gasteiger charge is -2.27. The molecule has 1 atom stereocenters. The summed E-state index contributed by atoms with van der Waals surface area (Å²) in [5.74, 6) is 1.64. The van der Waals surface area contributed by atoms with Crippen molar-refractivity contribution < 1.29 is 9.32 Å². The van der Waals surface area contributed by atoms with E-state index in [1.54, 1.807) is 0 Å². The maximum absolute atomic E-state index is 12.4. The van der Waals surface area contributed by atoms with E-state index in [0.717, 1.165) is 17.8 Å². The fourth-order valence-corrected chi connectivity index (χ4v) is 2.82. The van der Waals surface area contributed by atoms with Crippen molar-refractivity contribution in [1.29, 1.82) is 0 Å². The van der Waals surface area contributed by atoms with Gasteiger partial charge in [-0.3, -0.25) is 4.79 Å². The van der Waals surface area contributed by atoms with Crippen molar-refractivity contribution in [2.45, 2.75) is 72.3 Å². The molecular formula is C21H31N3O2. The van der Waals surface area contributed by atoms with Gasteiger partial charge in [0.2, 0.25) is 11.8 Å². The van der Waals surface area contributed by atoms with Crippen LogP contribution < -0.4 is 5.32 Å². The van der Waals surface area contributed by atoms with Gasteiger partial charge < -0.3 is 9.84 Å². The molecule has 1 heterocycles. The van der Waals surface area contributed by atoms with E-state index < -0.39 is 0 Å². The van der Waals surface area contributed by atoms with E-state index in [1.807, 2.05) is 32.0 Å². The third kappa shape index (κ3) is 6.62. The Morgan fingerprint density at radius 1 is 1.19 bits per heavy atom. The molecule has 1 aromatic heterocycles. The van der Waals surface area contributed by atoms with Crippen molar-refractivity contribution in [2.75, 3.05) is 0 Å². The molecule has 0 fully saturated rings. The highest BCUT2D eigenvalue weighted by Crippen LogP contribution is 2.29. The predicted molar refractivity (Wildman–Crippen MR) is 103 cm³/mol. The fraction of sp³-hybridized carbons (Fsp3) is 0.571. The molecule has 5 heteroatoms. The van der Waals surface area contributed by atoms with E-state index in [1.165, 1.54) is 0 Å². The number of aromatic nitrogens is 2. The lowest BCUT2D eigenvalue weighted by atomic mass is 9.85. The molecule has 0 aliphatic heterocycles. The average molecular weight is 357 g/mol. The largest absolute Gasteiger partial charge is 0.349 e. The third-order valence-corrected chi connectivity index (χ3v) is 4.15. The molecule has 0 radical (unpaired) electrons. The predicted octanol–water partition coefficient (Wildman–Crippen LogP) is 4.81. The van der Waals surface area contributed by atoms with Gasteiger partial charge in [0.1, 0.15) is 0 Å². The van der Waals surface area contributed by atoms with Crippen molar-refractivity contribution in [3.8, 4) is 0 Å². The van der Waals surface area contributed by atoms with Gasteiger partial charge >= 0.3 is 0 Å². The van der Waals surface area contributed by atoms with Crippen molar-refractivity contribution in [1.82, 2.24) is 15.5 Å². The van der Waals surface area contributed by atoms with Crippen molar-refractivity contribution >= 4 is 5.91 Å². The number of carbonyl (C=O) groups excluding carboxylic acids is 1. The summed E-state index contributed by atoms with van der Waals surface area (Å²) in [6, 6.07) is 10.2. The Bertz CT molecular complexity index is 687. The van der Waals surface area contributed by atoms with Crippen LogP contribution in [0.4, 0.5) is 0 Å². The summed E-state index contributed by atoms with van der Waals surface area (Å²) in [7, 11) is 0. The Morgan fingerprint density at radius 3 is 2.46 bits per heavy atom. The zero-order valence-corrected chi connectivity index (χ0v) is 16.6. The Balaban J connectivity index is 1.88. The van der Waals surface area contributed by atoms with Gasteiger partial charge in [-0.15, -0.1) is 0 Å². The van der Waals surface area contributed by atoms with Crippen molar-refractivity contribution in [3.05, 3.63) is 47.6 Å². The minimum atomic E-state index is 0.0275. The standard InChI is InChI=1S/C21H31N3O2/c1-15(2)20-23-19(26-24-20)13-9-12-18(25)22-17(14-21(3,4)5)16-10-7-6-8-11-16/h6-8,10-11,15,17H,9,12-14H2,1-5H3,(H,22,25). The molecule has 1 N–H and O–H groups in total. The number of hydrogen-bond acceptors (Lipinski definition) is 4. The minimum Gasteiger partial charge on any atom is -0.349 e. The Labute approximate surface area is 156 Å². The molecule has 142 valence electrons. The highest BCUT2D eigenvalue weighted by atomic mass is 16.5. The summed E-state index contributed by atoms with van der Waals surface area (Å²) in [5.41, 5.74) is 1.28. The first kappa shape index (κ1) is 20.1. The van der Waals surface area contributed by atoms with Gasteiger partial charge in [0.15, 0.2) is 5.82 Å². The number of nitrogens with one attached hydrogen (secondary N) is 1. The molecule has 5 nitrogen and oxygen atoms in total. The topological polar surface area (TPSA) is 68.0 Å². The van der Waals surface area contributed by atoms with Gasteiger partial charge in [-0.2, -0.15) is 4.98 Å². The summed E-state index contributed by atoms with van der Waals surface area (Å²) in [4.78, 5) is 16.8. The summed E-state index contributed by atoms with van der Waals surface area (Å²) in [6.07, 6.45) is 2.67. The van der Waals surface area contributed by atoms with Crippen LogP contribution in [-0.2, 0) is 11.2 Å². The molecule has 0 bridgehead atoms. The highest BCUT2D eigenvalue weighted by Gasteiger charge is 2.22. The third-order valence-electron chi connectivity index (χ3n) is 4.15. The zero-order valence-electron chi connectivity index (χ0n) is 16.6. The maximum Gasteiger partial charge on any atom is 0.226 e. The van der Waals surface area contributed by atoms with Crippen LogP contribution in [0, 0.1) is 5.41 Å².